The van der Waals surface area contributed by atoms with Crippen molar-refractivity contribution in [3.63, 3.8) is 0 Å². The minimum absolute atomic E-state index is 0.0671. The van der Waals surface area contributed by atoms with Gasteiger partial charge in [0, 0.05) is 37.1 Å². The van der Waals surface area contributed by atoms with Gasteiger partial charge in [-0.1, -0.05) is 12.8 Å². The number of ether oxygens (including phenoxy) is 2. The zero-order valence-corrected chi connectivity index (χ0v) is 17.6. The van der Waals surface area contributed by atoms with Crippen LogP contribution in [0.2, 0.25) is 0 Å². The molecule has 1 aromatic rings. The molecule has 2 heterocycles. The monoisotopic (exact) mass is 415 g/mol. The zero-order valence-electron chi connectivity index (χ0n) is 17.6. The second-order valence-electron chi connectivity index (χ2n) is 8.34. The Morgan fingerprint density at radius 2 is 2.10 bits per heavy atom. The molecule has 1 saturated heterocycles. The average Bonchev–Trinajstić information content (AvgIpc) is 3.37. The van der Waals surface area contributed by atoms with Crippen molar-refractivity contribution in [2.75, 3.05) is 13.2 Å². The SMILES string of the molecule is CCOc1cc2c(cc1CNC(=O)CCN1C(=O)NC3(CCCC3)C1=O)O[C@@H](C)C2. The van der Waals surface area contributed by atoms with Gasteiger partial charge in [-0.05, 0) is 38.8 Å². The Kier molecular flexibility index (Phi) is 5.58. The fourth-order valence-corrected chi connectivity index (χ4v) is 4.60. The summed E-state index contributed by atoms with van der Waals surface area (Å²) in [5.41, 5.74) is 1.22. The van der Waals surface area contributed by atoms with Crippen molar-refractivity contribution in [3.05, 3.63) is 23.3 Å². The second-order valence-corrected chi connectivity index (χ2v) is 8.34. The molecule has 2 fully saturated rings. The van der Waals surface area contributed by atoms with Crippen LogP contribution >= 0.6 is 0 Å². The van der Waals surface area contributed by atoms with Crippen LogP contribution in [0.5, 0.6) is 11.5 Å². The highest BCUT2D eigenvalue weighted by Gasteiger charge is 2.52. The van der Waals surface area contributed by atoms with E-state index < -0.39 is 11.6 Å². The maximum Gasteiger partial charge on any atom is 0.325 e. The summed E-state index contributed by atoms with van der Waals surface area (Å²) in [6.07, 6.45) is 4.27. The van der Waals surface area contributed by atoms with Gasteiger partial charge in [0.25, 0.3) is 5.91 Å². The van der Waals surface area contributed by atoms with Crippen molar-refractivity contribution in [1.29, 1.82) is 0 Å². The predicted molar refractivity (Wildman–Crippen MR) is 109 cm³/mol. The average molecular weight is 415 g/mol. The number of urea groups is 1. The molecule has 1 aliphatic carbocycles. The van der Waals surface area contributed by atoms with Crippen LogP contribution in [0.15, 0.2) is 12.1 Å². The maximum atomic E-state index is 12.7. The molecule has 30 heavy (non-hydrogen) atoms. The smallest absolute Gasteiger partial charge is 0.325 e. The van der Waals surface area contributed by atoms with E-state index in [4.69, 9.17) is 9.47 Å². The van der Waals surface area contributed by atoms with E-state index in [1.165, 1.54) is 4.90 Å². The lowest BCUT2D eigenvalue weighted by atomic mass is 9.98. The molecule has 4 rings (SSSR count). The van der Waals surface area contributed by atoms with Gasteiger partial charge in [-0.3, -0.25) is 14.5 Å². The van der Waals surface area contributed by atoms with Crippen LogP contribution < -0.4 is 20.1 Å². The van der Waals surface area contributed by atoms with Gasteiger partial charge in [-0.2, -0.15) is 0 Å². The van der Waals surface area contributed by atoms with Gasteiger partial charge >= 0.3 is 6.03 Å². The summed E-state index contributed by atoms with van der Waals surface area (Å²) < 4.78 is 11.6. The molecule has 0 bridgehead atoms. The fourth-order valence-electron chi connectivity index (χ4n) is 4.60. The molecule has 8 heteroatoms. The number of fused-ring (bicyclic) bond motifs is 1. The lowest BCUT2D eigenvalue weighted by Gasteiger charge is -2.20. The van der Waals surface area contributed by atoms with Crippen LogP contribution in [-0.4, -0.2) is 47.5 Å². The molecule has 1 saturated carbocycles. The number of hydrogen-bond donors (Lipinski definition) is 2. The molecule has 1 spiro atoms. The summed E-state index contributed by atoms with van der Waals surface area (Å²) in [6.45, 7) is 4.85. The first-order chi connectivity index (χ1) is 14.4. The van der Waals surface area contributed by atoms with Crippen molar-refractivity contribution < 1.29 is 23.9 Å². The zero-order chi connectivity index (χ0) is 21.3. The van der Waals surface area contributed by atoms with Gasteiger partial charge in [0.05, 0.1) is 6.61 Å². The Morgan fingerprint density at radius 3 is 2.83 bits per heavy atom. The van der Waals surface area contributed by atoms with Gasteiger partial charge in [0.2, 0.25) is 5.91 Å². The highest BCUT2D eigenvalue weighted by molar-refractivity contribution is 6.07. The van der Waals surface area contributed by atoms with Crippen LogP contribution in [0.4, 0.5) is 4.79 Å². The van der Waals surface area contributed by atoms with Crippen molar-refractivity contribution in [1.82, 2.24) is 15.5 Å². The third-order valence-electron chi connectivity index (χ3n) is 6.12. The van der Waals surface area contributed by atoms with Gasteiger partial charge in [0.1, 0.15) is 23.1 Å². The maximum absolute atomic E-state index is 12.7. The summed E-state index contributed by atoms with van der Waals surface area (Å²) in [4.78, 5) is 38.5. The minimum Gasteiger partial charge on any atom is -0.494 e. The third-order valence-corrected chi connectivity index (χ3v) is 6.12. The summed E-state index contributed by atoms with van der Waals surface area (Å²) in [7, 11) is 0. The standard InChI is InChI=1S/C22H29N3O5/c1-3-29-17-11-15-10-14(2)30-18(15)12-16(17)13-23-19(26)6-9-25-20(27)22(24-21(25)28)7-4-5-8-22/h11-12,14H,3-10,13H2,1-2H3,(H,23,26)(H,24,28)/t14-/m0/s1. The van der Waals surface area contributed by atoms with Gasteiger partial charge in [0.15, 0.2) is 0 Å². The summed E-state index contributed by atoms with van der Waals surface area (Å²) >= 11 is 0. The van der Waals surface area contributed by atoms with Gasteiger partial charge in [-0.15, -0.1) is 0 Å². The normalized spacial score (nSPS) is 21.5. The molecule has 8 nitrogen and oxygen atoms in total. The number of amides is 4. The van der Waals surface area contributed by atoms with Crippen molar-refractivity contribution >= 4 is 17.8 Å². The number of benzene rings is 1. The molecule has 2 N–H and O–H groups in total. The number of nitrogens with one attached hydrogen (secondary N) is 2. The van der Waals surface area contributed by atoms with Crippen molar-refractivity contribution in [2.24, 2.45) is 0 Å². The number of imide groups is 1. The van der Waals surface area contributed by atoms with Crippen LogP contribution in [0.1, 0.15) is 57.1 Å². The number of nitrogens with zero attached hydrogens (tertiary/aromatic N) is 1. The lowest BCUT2D eigenvalue weighted by molar-refractivity contribution is -0.131. The Labute approximate surface area is 176 Å². The first-order valence-electron chi connectivity index (χ1n) is 10.8. The van der Waals surface area contributed by atoms with E-state index in [1.54, 1.807) is 0 Å². The Bertz CT molecular complexity index is 863. The fraction of sp³-hybridized carbons (Fsp3) is 0.591. The second kappa shape index (κ2) is 8.16. The number of carbonyl (C=O) groups is 3. The van der Waals surface area contributed by atoms with Crippen molar-refractivity contribution in [2.45, 2.75) is 70.6 Å². The van der Waals surface area contributed by atoms with Gasteiger partial charge in [-0.25, -0.2) is 4.79 Å². The molecule has 1 aromatic carbocycles. The van der Waals surface area contributed by atoms with E-state index in [0.717, 1.165) is 41.9 Å². The molecule has 0 aromatic heterocycles. The topological polar surface area (TPSA) is 97.0 Å². The van der Waals surface area contributed by atoms with E-state index in [9.17, 15) is 14.4 Å². The molecule has 2 aliphatic heterocycles. The van der Waals surface area contributed by atoms with E-state index in [-0.39, 0.29) is 30.9 Å². The predicted octanol–water partition coefficient (Wildman–Crippen LogP) is 2.28. The first kappa shape index (κ1) is 20.5. The Hall–Kier alpha value is -2.77. The third kappa shape index (κ3) is 3.82. The minimum atomic E-state index is -0.735. The van der Waals surface area contributed by atoms with Crippen LogP contribution in [0, 0.1) is 0 Å². The summed E-state index contributed by atoms with van der Waals surface area (Å²) in [6, 6.07) is 3.52. The highest BCUT2D eigenvalue weighted by atomic mass is 16.5. The molecule has 0 radical (unpaired) electrons. The van der Waals surface area contributed by atoms with Crippen LogP contribution in [-0.2, 0) is 22.6 Å². The molecule has 3 aliphatic rings. The summed E-state index contributed by atoms with van der Waals surface area (Å²) in [5.74, 6) is 1.16. The number of hydrogen-bond acceptors (Lipinski definition) is 5. The van der Waals surface area contributed by atoms with E-state index in [0.29, 0.717) is 26.0 Å². The van der Waals surface area contributed by atoms with Crippen LogP contribution in [0.3, 0.4) is 0 Å². The first-order valence-corrected chi connectivity index (χ1v) is 10.8. The molecular formula is C22H29N3O5. The highest BCUT2D eigenvalue weighted by Crippen LogP contribution is 2.36. The Balaban J connectivity index is 1.34. The lowest BCUT2D eigenvalue weighted by Crippen LogP contribution is -2.44. The van der Waals surface area contributed by atoms with Crippen molar-refractivity contribution in [3.8, 4) is 11.5 Å². The largest absolute Gasteiger partial charge is 0.494 e. The van der Waals surface area contributed by atoms with Crippen LogP contribution in [0.25, 0.3) is 0 Å². The molecular weight excluding hydrogens is 386 g/mol. The quantitative estimate of drug-likeness (QED) is 0.666. The molecule has 1 atom stereocenters. The number of rotatable bonds is 7. The van der Waals surface area contributed by atoms with E-state index >= 15 is 0 Å². The molecule has 0 unspecified atom stereocenters. The van der Waals surface area contributed by atoms with Gasteiger partial charge < -0.3 is 20.1 Å². The van der Waals surface area contributed by atoms with E-state index in [1.807, 2.05) is 26.0 Å². The Morgan fingerprint density at radius 1 is 1.33 bits per heavy atom. The molecule has 4 amide bonds. The summed E-state index contributed by atoms with van der Waals surface area (Å²) in [5, 5.41) is 5.71. The molecule has 162 valence electrons. The van der Waals surface area contributed by atoms with E-state index in [2.05, 4.69) is 10.6 Å². The number of carbonyl (C=O) groups excluding carboxylic acids is 3.